The van der Waals surface area contributed by atoms with Crippen LogP contribution in [0.25, 0.3) is 11.0 Å². The van der Waals surface area contributed by atoms with Crippen LogP contribution in [0.3, 0.4) is 0 Å². The second-order valence-corrected chi connectivity index (χ2v) is 5.12. The van der Waals surface area contributed by atoms with Crippen LogP contribution in [-0.2, 0) is 6.18 Å². The van der Waals surface area contributed by atoms with E-state index < -0.39 is 11.7 Å². The molecule has 100 valence electrons. The predicted molar refractivity (Wildman–Crippen MR) is 66.6 cm³/mol. The van der Waals surface area contributed by atoms with Gasteiger partial charge in [-0.3, -0.25) is 0 Å². The standard InChI is InChI=1S/C12H10F3N3S/c1-7(5-16)6-19-11-17-9-3-2-8(12(13,14)15)4-10(9)18-11/h2-4,7H,6H2,1H3,(H,17,18). The minimum absolute atomic E-state index is 0.135. The molecule has 1 unspecified atom stereocenters. The highest BCUT2D eigenvalue weighted by Crippen LogP contribution is 2.31. The Morgan fingerprint density at radius 1 is 1.47 bits per heavy atom. The van der Waals surface area contributed by atoms with Crippen LogP contribution in [0.5, 0.6) is 0 Å². The van der Waals surface area contributed by atoms with Crippen LogP contribution >= 0.6 is 11.8 Å². The largest absolute Gasteiger partial charge is 0.416 e. The lowest BCUT2D eigenvalue weighted by Crippen LogP contribution is -2.04. The van der Waals surface area contributed by atoms with E-state index in [-0.39, 0.29) is 5.92 Å². The summed E-state index contributed by atoms with van der Waals surface area (Å²) in [7, 11) is 0. The van der Waals surface area contributed by atoms with Crippen LogP contribution in [0.4, 0.5) is 13.2 Å². The Morgan fingerprint density at radius 2 is 2.21 bits per heavy atom. The van der Waals surface area contributed by atoms with Crippen molar-refractivity contribution in [1.82, 2.24) is 9.97 Å². The lowest BCUT2D eigenvalue weighted by Gasteiger charge is -2.05. The summed E-state index contributed by atoms with van der Waals surface area (Å²) in [6, 6.07) is 5.48. The number of aromatic amines is 1. The second kappa shape index (κ2) is 5.13. The number of hydrogen-bond acceptors (Lipinski definition) is 3. The first-order valence-electron chi connectivity index (χ1n) is 5.49. The number of nitrogens with one attached hydrogen (secondary N) is 1. The lowest BCUT2D eigenvalue weighted by molar-refractivity contribution is -0.137. The molecule has 0 bridgehead atoms. The first-order chi connectivity index (χ1) is 8.90. The van der Waals surface area contributed by atoms with E-state index in [4.69, 9.17) is 5.26 Å². The van der Waals surface area contributed by atoms with Crippen LogP contribution in [0.2, 0.25) is 0 Å². The van der Waals surface area contributed by atoms with E-state index in [1.54, 1.807) is 6.92 Å². The van der Waals surface area contributed by atoms with Crippen molar-refractivity contribution in [1.29, 1.82) is 5.26 Å². The molecule has 0 spiro atoms. The maximum absolute atomic E-state index is 12.5. The number of halogens is 3. The Balaban J connectivity index is 2.24. The van der Waals surface area contributed by atoms with Gasteiger partial charge < -0.3 is 4.98 Å². The van der Waals surface area contributed by atoms with Crippen molar-refractivity contribution in [3.8, 4) is 6.07 Å². The van der Waals surface area contributed by atoms with E-state index in [0.29, 0.717) is 21.9 Å². The van der Waals surface area contributed by atoms with Crippen molar-refractivity contribution in [3.63, 3.8) is 0 Å². The molecule has 1 atom stereocenters. The minimum atomic E-state index is -4.36. The molecule has 0 aliphatic heterocycles. The summed E-state index contributed by atoms with van der Waals surface area (Å²) < 4.78 is 37.6. The predicted octanol–water partition coefficient (Wildman–Crippen LogP) is 3.83. The maximum atomic E-state index is 12.5. The van der Waals surface area contributed by atoms with E-state index in [2.05, 4.69) is 16.0 Å². The molecule has 0 saturated carbocycles. The second-order valence-electron chi connectivity index (χ2n) is 4.11. The van der Waals surface area contributed by atoms with Gasteiger partial charge in [0.15, 0.2) is 5.16 Å². The molecule has 1 heterocycles. The van der Waals surface area contributed by atoms with Crippen LogP contribution in [0.1, 0.15) is 12.5 Å². The fourth-order valence-corrected chi connectivity index (χ4v) is 2.30. The zero-order valence-electron chi connectivity index (χ0n) is 9.95. The lowest BCUT2D eigenvalue weighted by atomic mass is 10.2. The van der Waals surface area contributed by atoms with E-state index >= 15 is 0 Å². The number of hydrogen-bond donors (Lipinski definition) is 1. The molecule has 2 aromatic rings. The number of thioether (sulfide) groups is 1. The van der Waals surface area contributed by atoms with E-state index in [9.17, 15) is 13.2 Å². The Labute approximate surface area is 111 Å². The van der Waals surface area contributed by atoms with Gasteiger partial charge in [-0.15, -0.1) is 0 Å². The number of nitriles is 1. The van der Waals surface area contributed by atoms with Crippen LogP contribution in [0, 0.1) is 17.2 Å². The van der Waals surface area contributed by atoms with Gasteiger partial charge >= 0.3 is 6.18 Å². The molecule has 0 aliphatic rings. The van der Waals surface area contributed by atoms with Gasteiger partial charge in [-0.05, 0) is 25.1 Å². The molecule has 7 heteroatoms. The summed E-state index contributed by atoms with van der Waals surface area (Å²) >= 11 is 1.32. The average molecular weight is 285 g/mol. The van der Waals surface area contributed by atoms with Crippen molar-refractivity contribution in [2.75, 3.05) is 5.75 Å². The smallest absolute Gasteiger partial charge is 0.333 e. The summed E-state index contributed by atoms with van der Waals surface area (Å²) in [6.07, 6.45) is -4.36. The van der Waals surface area contributed by atoms with E-state index in [1.807, 2.05) is 0 Å². The molecule has 0 fully saturated rings. The van der Waals surface area contributed by atoms with E-state index in [0.717, 1.165) is 12.1 Å². The van der Waals surface area contributed by atoms with Gasteiger partial charge in [0.2, 0.25) is 0 Å². The molecule has 2 rings (SSSR count). The number of fused-ring (bicyclic) bond motifs is 1. The normalized spacial score (nSPS) is 13.4. The Hall–Kier alpha value is -1.68. The monoisotopic (exact) mass is 285 g/mol. The van der Waals surface area contributed by atoms with Gasteiger partial charge in [0.1, 0.15) is 0 Å². The van der Waals surface area contributed by atoms with Crippen molar-refractivity contribution < 1.29 is 13.2 Å². The third-order valence-electron chi connectivity index (χ3n) is 2.48. The molecule has 1 N–H and O–H groups in total. The Bertz CT molecular complexity index is 627. The SMILES string of the molecule is CC(C#N)CSc1nc2ccc(C(F)(F)F)cc2[nH]1. The minimum Gasteiger partial charge on any atom is -0.333 e. The van der Waals surface area contributed by atoms with Crippen LogP contribution in [0.15, 0.2) is 23.4 Å². The summed E-state index contributed by atoms with van der Waals surface area (Å²) in [6.45, 7) is 1.78. The third kappa shape index (κ3) is 3.20. The molecule has 0 radical (unpaired) electrons. The molecule has 19 heavy (non-hydrogen) atoms. The number of imidazole rings is 1. The van der Waals surface area contributed by atoms with E-state index in [1.165, 1.54) is 17.8 Å². The van der Waals surface area contributed by atoms with Gasteiger partial charge in [0, 0.05) is 5.75 Å². The van der Waals surface area contributed by atoms with Gasteiger partial charge in [-0.25, -0.2) is 4.98 Å². The molecular formula is C12H10F3N3S. The molecule has 0 amide bonds. The van der Waals surface area contributed by atoms with Crippen LogP contribution in [-0.4, -0.2) is 15.7 Å². The van der Waals surface area contributed by atoms with Crippen molar-refractivity contribution >= 4 is 22.8 Å². The quantitative estimate of drug-likeness (QED) is 0.872. The zero-order valence-corrected chi connectivity index (χ0v) is 10.8. The summed E-state index contributed by atoms with van der Waals surface area (Å²) in [5, 5.41) is 9.18. The average Bonchev–Trinajstić information content (AvgIpc) is 2.76. The fraction of sp³-hybridized carbons (Fsp3) is 0.333. The third-order valence-corrected chi connectivity index (χ3v) is 3.61. The van der Waals surface area contributed by atoms with Gasteiger partial charge in [-0.2, -0.15) is 18.4 Å². The topological polar surface area (TPSA) is 52.5 Å². The summed E-state index contributed by atoms with van der Waals surface area (Å²) in [5.74, 6) is 0.409. The number of alkyl halides is 3. The maximum Gasteiger partial charge on any atom is 0.416 e. The van der Waals surface area contributed by atoms with Gasteiger partial charge in [0.25, 0.3) is 0 Å². The number of H-pyrrole nitrogens is 1. The highest BCUT2D eigenvalue weighted by molar-refractivity contribution is 7.99. The molecule has 1 aromatic heterocycles. The molecule has 1 aromatic carbocycles. The summed E-state index contributed by atoms with van der Waals surface area (Å²) in [4.78, 5) is 7.00. The van der Waals surface area contributed by atoms with Crippen molar-refractivity contribution in [3.05, 3.63) is 23.8 Å². The first kappa shape index (κ1) is 13.7. The summed E-state index contributed by atoms with van der Waals surface area (Å²) in [5.41, 5.74) is 0.132. The zero-order chi connectivity index (χ0) is 14.0. The molecule has 0 aliphatic carbocycles. The number of aromatic nitrogens is 2. The van der Waals surface area contributed by atoms with Gasteiger partial charge in [0.05, 0.1) is 28.6 Å². The number of benzene rings is 1. The molecule has 3 nitrogen and oxygen atoms in total. The van der Waals surface area contributed by atoms with Gasteiger partial charge in [-0.1, -0.05) is 11.8 Å². The number of rotatable bonds is 3. The Kier molecular flexibility index (Phi) is 3.71. The van der Waals surface area contributed by atoms with Crippen LogP contribution < -0.4 is 0 Å². The highest BCUT2D eigenvalue weighted by Gasteiger charge is 2.30. The fourth-order valence-electron chi connectivity index (χ4n) is 1.47. The Morgan fingerprint density at radius 3 is 2.84 bits per heavy atom. The molecule has 0 saturated heterocycles. The number of nitrogens with zero attached hydrogens (tertiary/aromatic N) is 2. The first-order valence-corrected chi connectivity index (χ1v) is 6.48. The van der Waals surface area contributed by atoms with Crippen molar-refractivity contribution in [2.24, 2.45) is 5.92 Å². The molecular weight excluding hydrogens is 275 g/mol. The van der Waals surface area contributed by atoms with Crippen molar-refractivity contribution in [2.45, 2.75) is 18.3 Å². The highest BCUT2D eigenvalue weighted by atomic mass is 32.2.